The minimum Gasteiger partial charge on any atom is -0.478 e. The summed E-state index contributed by atoms with van der Waals surface area (Å²) in [4.78, 5) is 10.9. The Hall–Kier alpha value is -1.62. The zero-order valence-corrected chi connectivity index (χ0v) is 9.61. The lowest BCUT2D eigenvalue weighted by molar-refractivity contribution is 0.0697. The Balaban J connectivity index is 2.73. The summed E-state index contributed by atoms with van der Waals surface area (Å²) in [5.41, 5.74) is 0.310. The third-order valence-electron chi connectivity index (χ3n) is 2.47. The molecule has 17 heavy (non-hydrogen) atoms. The SMILES string of the molecule is CC(CCO)CNc1ccc(F)cc1C(=O)O. The van der Waals surface area contributed by atoms with Gasteiger partial charge in [0.15, 0.2) is 0 Å². The Morgan fingerprint density at radius 2 is 2.24 bits per heavy atom. The molecule has 0 bridgehead atoms. The number of aromatic carboxylic acids is 1. The third kappa shape index (κ3) is 4.03. The fraction of sp³-hybridized carbons (Fsp3) is 0.417. The summed E-state index contributed by atoms with van der Waals surface area (Å²) in [6.07, 6.45) is 0.636. The number of aliphatic hydroxyl groups excluding tert-OH is 1. The highest BCUT2D eigenvalue weighted by Crippen LogP contribution is 2.17. The lowest BCUT2D eigenvalue weighted by Gasteiger charge is -2.14. The molecule has 94 valence electrons. The number of halogens is 1. The van der Waals surface area contributed by atoms with Crippen molar-refractivity contribution in [2.45, 2.75) is 13.3 Å². The van der Waals surface area contributed by atoms with Crippen LogP contribution in [0.1, 0.15) is 23.7 Å². The molecule has 1 aromatic rings. The van der Waals surface area contributed by atoms with Gasteiger partial charge in [-0.25, -0.2) is 9.18 Å². The number of nitrogens with one attached hydrogen (secondary N) is 1. The number of hydrogen-bond acceptors (Lipinski definition) is 3. The fourth-order valence-electron chi connectivity index (χ4n) is 1.45. The molecule has 0 aliphatic carbocycles. The molecule has 3 N–H and O–H groups in total. The molecule has 0 heterocycles. The van der Waals surface area contributed by atoms with E-state index in [1.807, 2.05) is 6.92 Å². The number of anilines is 1. The zero-order chi connectivity index (χ0) is 12.8. The van der Waals surface area contributed by atoms with Crippen LogP contribution in [0.5, 0.6) is 0 Å². The lowest BCUT2D eigenvalue weighted by Crippen LogP contribution is -2.15. The molecule has 0 amide bonds. The van der Waals surface area contributed by atoms with Gasteiger partial charge in [0.05, 0.1) is 5.56 Å². The summed E-state index contributed by atoms with van der Waals surface area (Å²) in [7, 11) is 0. The first kappa shape index (κ1) is 13.4. The first-order chi connectivity index (χ1) is 8.04. The minimum absolute atomic E-state index is 0.0822. The summed E-state index contributed by atoms with van der Waals surface area (Å²) in [6.45, 7) is 2.57. The van der Waals surface area contributed by atoms with Crippen LogP contribution in [-0.2, 0) is 0 Å². The molecule has 0 aliphatic rings. The van der Waals surface area contributed by atoms with Crippen LogP contribution in [0.15, 0.2) is 18.2 Å². The van der Waals surface area contributed by atoms with E-state index in [4.69, 9.17) is 10.2 Å². The van der Waals surface area contributed by atoms with E-state index in [1.54, 1.807) is 0 Å². The van der Waals surface area contributed by atoms with Gasteiger partial charge in [-0.2, -0.15) is 0 Å². The van der Waals surface area contributed by atoms with Crippen LogP contribution < -0.4 is 5.32 Å². The van der Waals surface area contributed by atoms with Crippen molar-refractivity contribution >= 4 is 11.7 Å². The predicted octanol–water partition coefficient (Wildman–Crippen LogP) is 1.95. The van der Waals surface area contributed by atoms with Crippen molar-refractivity contribution in [1.82, 2.24) is 0 Å². The topological polar surface area (TPSA) is 69.6 Å². The first-order valence-corrected chi connectivity index (χ1v) is 5.42. The van der Waals surface area contributed by atoms with Gasteiger partial charge < -0.3 is 15.5 Å². The Morgan fingerprint density at radius 3 is 2.82 bits per heavy atom. The van der Waals surface area contributed by atoms with E-state index in [0.29, 0.717) is 18.7 Å². The molecule has 0 aliphatic heterocycles. The van der Waals surface area contributed by atoms with Crippen LogP contribution in [0.2, 0.25) is 0 Å². The first-order valence-electron chi connectivity index (χ1n) is 5.42. The van der Waals surface area contributed by atoms with Gasteiger partial charge in [0.1, 0.15) is 5.82 Å². The minimum atomic E-state index is -1.16. The highest BCUT2D eigenvalue weighted by Gasteiger charge is 2.11. The van der Waals surface area contributed by atoms with E-state index in [1.165, 1.54) is 12.1 Å². The van der Waals surface area contributed by atoms with Crippen molar-refractivity contribution < 1.29 is 19.4 Å². The zero-order valence-electron chi connectivity index (χ0n) is 9.61. The molecule has 0 saturated heterocycles. The maximum atomic E-state index is 12.9. The standard InChI is InChI=1S/C12H16FNO3/c1-8(4-5-15)7-14-11-3-2-9(13)6-10(11)12(16)17/h2-3,6,8,14-15H,4-5,7H2,1H3,(H,16,17). The van der Waals surface area contributed by atoms with E-state index in [2.05, 4.69) is 5.32 Å². The maximum Gasteiger partial charge on any atom is 0.337 e. The van der Waals surface area contributed by atoms with Crippen LogP contribution in [0, 0.1) is 11.7 Å². The van der Waals surface area contributed by atoms with Gasteiger partial charge in [0.25, 0.3) is 0 Å². The van der Waals surface area contributed by atoms with Crippen molar-refractivity contribution in [3.63, 3.8) is 0 Å². The van der Waals surface area contributed by atoms with Crippen LogP contribution in [0.4, 0.5) is 10.1 Å². The van der Waals surface area contributed by atoms with Crippen molar-refractivity contribution in [2.75, 3.05) is 18.5 Å². The highest BCUT2D eigenvalue weighted by molar-refractivity contribution is 5.94. The van der Waals surface area contributed by atoms with Crippen molar-refractivity contribution in [3.8, 4) is 0 Å². The fourth-order valence-corrected chi connectivity index (χ4v) is 1.45. The molecule has 1 rings (SSSR count). The number of carbonyl (C=O) groups is 1. The molecule has 0 spiro atoms. The van der Waals surface area contributed by atoms with Gasteiger partial charge >= 0.3 is 5.97 Å². The number of carboxylic acid groups (broad SMARTS) is 1. The number of rotatable bonds is 6. The molecule has 4 nitrogen and oxygen atoms in total. The average Bonchev–Trinajstić information content (AvgIpc) is 2.27. The van der Waals surface area contributed by atoms with Gasteiger partial charge in [0.2, 0.25) is 0 Å². The van der Waals surface area contributed by atoms with E-state index >= 15 is 0 Å². The second kappa shape index (κ2) is 6.20. The Kier molecular flexibility index (Phi) is 4.90. The van der Waals surface area contributed by atoms with E-state index < -0.39 is 11.8 Å². The molecule has 0 radical (unpaired) electrons. The van der Waals surface area contributed by atoms with Gasteiger partial charge in [-0.1, -0.05) is 6.92 Å². The number of aliphatic hydroxyl groups is 1. The van der Waals surface area contributed by atoms with E-state index in [9.17, 15) is 9.18 Å². The van der Waals surface area contributed by atoms with Crippen LogP contribution in [0.25, 0.3) is 0 Å². The summed E-state index contributed by atoms with van der Waals surface area (Å²) in [5, 5.41) is 20.6. The summed E-state index contributed by atoms with van der Waals surface area (Å²) in [5.74, 6) is -1.52. The largest absolute Gasteiger partial charge is 0.478 e. The normalized spacial score (nSPS) is 12.2. The lowest BCUT2D eigenvalue weighted by atomic mass is 10.1. The molecular formula is C12H16FNO3. The molecule has 1 aromatic carbocycles. The molecule has 1 unspecified atom stereocenters. The van der Waals surface area contributed by atoms with Gasteiger partial charge in [-0.15, -0.1) is 0 Å². The molecule has 1 atom stereocenters. The van der Waals surface area contributed by atoms with Crippen molar-refractivity contribution in [3.05, 3.63) is 29.6 Å². The van der Waals surface area contributed by atoms with Crippen LogP contribution >= 0.6 is 0 Å². The van der Waals surface area contributed by atoms with Gasteiger partial charge in [0, 0.05) is 18.8 Å². The third-order valence-corrected chi connectivity index (χ3v) is 2.47. The Morgan fingerprint density at radius 1 is 1.53 bits per heavy atom. The van der Waals surface area contributed by atoms with E-state index in [-0.39, 0.29) is 18.1 Å². The van der Waals surface area contributed by atoms with E-state index in [0.717, 1.165) is 6.07 Å². The molecule has 5 heteroatoms. The van der Waals surface area contributed by atoms with Gasteiger partial charge in [-0.05, 0) is 30.5 Å². The second-order valence-electron chi connectivity index (χ2n) is 3.99. The summed E-state index contributed by atoms with van der Waals surface area (Å²) < 4.78 is 12.9. The number of hydrogen-bond donors (Lipinski definition) is 3. The molecular weight excluding hydrogens is 225 g/mol. The molecule has 0 saturated carbocycles. The van der Waals surface area contributed by atoms with Crippen molar-refractivity contribution in [2.24, 2.45) is 5.92 Å². The quantitative estimate of drug-likeness (QED) is 0.712. The predicted molar refractivity (Wildman–Crippen MR) is 62.7 cm³/mol. The average molecular weight is 241 g/mol. The monoisotopic (exact) mass is 241 g/mol. The smallest absolute Gasteiger partial charge is 0.337 e. The number of carboxylic acids is 1. The Bertz CT molecular complexity index is 395. The van der Waals surface area contributed by atoms with Crippen LogP contribution in [-0.4, -0.2) is 29.3 Å². The second-order valence-corrected chi connectivity index (χ2v) is 3.99. The highest BCUT2D eigenvalue weighted by atomic mass is 19.1. The number of benzene rings is 1. The summed E-state index contributed by atoms with van der Waals surface area (Å²) >= 11 is 0. The Labute approximate surface area is 99.1 Å². The van der Waals surface area contributed by atoms with Gasteiger partial charge in [-0.3, -0.25) is 0 Å². The molecule has 0 aromatic heterocycles. The molecule has 0 fully saturated rings. The van der Waals surface area contributed by atoms with Crippen LogP contribution in [0.3, 0.4) is 0 Å². The van der Waals surface area contributed by atoms with Crippen molar-refractivity contribution in [1.29, 1.82) is 0 Å². The maximum absolute atomic E-state index is 12.9. The summed E-state index contributed by atoms with van der Waals surface area (Å²) in [6, 6.07) is 3.61.